The minimum Gasteiger partial charge on any atom is -0.481 e. The van der Waals surface area contributed by atoms with Gasteiger partial charge in [0, 0.05) is 13.0 Å². The van der Waals surface area contributed by atoms with E-state index < -0.39 is 26.0 Å². The van der Waals surface area contributed by atoms with Crippen LogP contribution in [0.5, 0.6) is 0 Å². The smallest absolute Gasteiger partial charge is 0.303 e. The summed E-state index contributed by atoms with van der Waals surface area (Å²) in [4.78, 5) is 9.73. The molecule has 10 heteroatoms. The SMILES string of the molecule is NS(=O)(=O)c1cccc(S(=O)(=O)NCCCC(=O)O)c1. The minimum absolute atomic E-state index is 0.0613. The van der Waals surface area contributed by atoms with Crippen molar-refractivity contribution in [2.45, 2.75) is 22.6 Å². The molecule has 0 aliphatic carbocycles. The first kappa shape index (κ1) is 16.6. The molecule has 1 rings (SSSR count). The van der Waals surface area contributed by atoms with Gasteiger partial charge in [-0.25, -0.2) is 26.7 Å². The van der Waals surface area contributed by atoms with Crippen molar-refractivity contribution in [2.75, 3.05) is 6.54 Å². The first-order valence-corrected chi connectivity index (χ1v) is 8.50. The Hall–Kier alpha value is -1.49. The monoisotopic (exact) mass is 322 g/mol. The number of carbonyl (C=O) groups is 1. The van der Waals surface area contributed by atoms with Crippen molar-refractivity contribution in [1.82, 2.24) is 4.72 Å². The maximum atomic E-state index is 11.9. The van der Waals surface area contributed by atoms with Crippen LogP contribution >= 0.6 is 0 Å². The number of primary sulfonamides is 1. The Labute approximate surface area is 116 Å². The third kappa shape index (κ3) is 4.89. The van der Waals surface area contributed by atoms with E-state index in [1.807, 2.05) is 0 Å². The van der Waals surface area contributed by atoms with Gasteiger partial charge < -0.3 is 5.11 Å². The Morgan fingerprint density at radius 1 is 1.20 bits per heavy atom. The molecule has 0 aliphatic heterocycles. The number of carboxylic acid groups (broad SMARTS) is 1. The maximum Gasteiger partial charge on any atom is 0.303 e. The third-order valence-corrected chi connectivity index (χ3v) is 4.67. The van der Waals surface area contributed by atoms with Crippen molar-refractivity contribution >= 4 is 26.0 Å². The predicted octanol–water partition coefficient (Wildman–Crippen LogP) is -0.523. The van der Waals surface area contributed by atoms with E-state index in [1.165, 1.54) is 18.2 Å². The van der Waals surface area contributed by atoms with Crippen LogP contribution in [0.25, 0.3) is 0 Å². The highest BCUT2D eigenvalue weighted by Crippen LogP contribution is 2.14. The predicted molar refractivity (Wildman–Crippen MR) is 69.9 cm³/mol. The van der Waals surface area contributed by atoms with Crippen LogP contribution in [0.2, 0.25) is 0 Å². The fraction of sp³-hybridized carbons (Fsp3) is 0.300. The van der Waals surface area contributed by atoms with E-state index >= 15 is 0 Å². The summed E-state index contributed by atoms with van der Waals surface area (Å²) in [6, 6.07) is 4.59. The molecule has 8 nitrogen and oxygen atoms in total. The highest BCUT2D eigenvalue weighted by Gasteiger charge is 2.16. The van der Waals surface area contributed by atoms with Crippen molar-refractivity contribution in [3.05, 3.63) is 24.3 Å². The first-order valence-electron chi connectivity index (χ1n) is 5.47. The Morgan fingerprint density at radius 2 is 1.80 bits per heavy atom. The van der Waals surface area contributed by atoms with E-state index in [2.05, 4.69) is 4.72 Å². The lowest BCUT2D eigenvalue weighted by Gasteiger charge is -2.07. The Morgan fingerprint density at radius 3 is 2.35 bits per heavy atom. The third-order valence-electron chi connectivity index (χ3n) is 2.30. The van der Waals surface area contributed by atoms with E-state index in [0.29, 0.717) is 0 Å². The van der Waals surface area contributed by atoms with Crippen molar-refractivity contribution in [3.63, 3.8) is 0 Å². The zero-order valence-electron chi connectivity index (χ0n) is 10.3. The van der Waals surface area contributed by atoms with Crippen molar-refractivity contribution < 1.29 is 26.7 Å². The summed E-state index contributed by atoms with van der Waals surface area (Å²) in [5.41, 5.74) is 0. The Bertz CT molecular complexity index is 696. The van der Waals surface area contributed by atoms with E-state index in [4.69, 9.17) is 10.2 Å². The molecule has 0 saturated heterocycles. The quantitative estimate of drug-likeness (QED) is 0.576. The number of benzene rings is 1. The summed E-state index contributed by atoms with van der Waals surface area (Å²) in [6.45, 7) is -0.0613. The van der Waals surface area contributed by atoms with Crippen molar-refractivity contribution in [1.29, 1.82) is 0 Å². The van der Waals surface area contributed by atoms with Crippen molar-refractivity contribution in [2.24, 2.45) is 5.14 Å². The molecule has 0 unspecified atom stereocenters. The van der Waals surface area contributed by atoms with E-state index in [1.54, 1.807) is 0 Å². The van der Waals surface area contributed by atoms with Crippen LogP contribution in [-0.4, -0.2) is 34.5 Å². The second-order valence-corrected chi connectivity index (χ2v) is 7.24. The number of sulfonamides is 2. The average Bonchev–Trinajstić information content (AvgIpc) is 2.34. The number of nitrogens with two attached hydrogens (primary N) is 1. The van der Waals surface area contributed by atoms with Gasteiger partial charge in [-0.3, -0.25) is 4.79 Å². The summed E-state index contributed by atoms with van der Waals surface area (Å²) >= 11 is 0. The highest BCUT2D eigenvalue weighted by molar-refractivity contribution is 7.90. The topological polar surface area (TPSA) is 144 Å². The molecule has 0 amide bonds. The fourth-order valence-electron chi connectivity index (χ4n) is 1.35. The standard InChI is InChI=1S/C10H14N2O6S2/c11-19(15,16)8-3-1-4-9(7-8)20(17,18)12-6-2-5-10(13)14/h1,3-4,7,12H,2,5-6H2,(H,13,14)(H2,11,15,16). The molecule has 0 atom stereocenters. The lowest BCUT2D eigenvalue weighted by atomic mass is 10.3. The molecule has 0 aliphatic rings. The van der Waals surface area contributed by atoms with Gasteiger partial charge in [-0.05, 0) is 24.6 Å². The molecule has 0 saturated carbocycles. The van der Waals surface area contributed by atoms with Crippen LogP contribution in [0.4, 0.5) is 0 Å². The van der Waals surface area contributed by atoms with E-state index in [0.717, 1.165) is 6.07 Å². The summed E-state index contributed by atoms with van der Waals surface area (Å²) < 4.78 is 48.2. The van der Waals surface area contributed by atoms with Crippen LogP contribution < -0.4 is 9.86 Å². The zero-order valence-corrected chi connectivity index (χ0v) is 11.9. The molecular formula is C10H14N2O6S2. The molecule has 0 fully saturated rings. The largest absolute Gasteiger partial charge is 0.481 e. The molecule has 1 aromatic rings. The first-order chi connectivity index (χ1) is 9.13. The molecular weight excluding hydrogens is 308 g/mol. The van der Waals surface area contributed by atoms with Crippen LogP contribution in [0.1, 0.15) is 12.8 Å². The number of hydrogen-bond acceptors (Lipinski definition) is 5. The molecule has 0 aromatic heterocycles. The molecule has 0 spiro atoms. The van der Waals surface area contributed by atoms with Crippen molar-refractivity contribution in [3.8, 4) is 0 Å². The summed E-state index contributed by atoms with van der Waals surface area (Å²) in [6.07, 6.45) is -0.0385. The van der Waals surface area contributed by atoms with Gasteiger partial charge in [0.1, 0.15) is 0 Å². The van der Waals surface area contributed by atoms with Gasteiger partial charge >= 0.3 is 5.97 Å². The Balaban J connectivity index is 2.85. The fourth-order valence-corrected chi connectivity index (χ4v) is 3.10. The highest BCUT2D eigenvalue weighted by atomic mass is 32.2. The lowest BCUT2D eigenvalue weighted by Crippen LogP contribution is -2.25. The van der Waals surface area contributed by atoms with Gasteiger partial charge in [0.2, 0.25) is 20.0 Å². The van der Waals surface area contributed by atoms with E-state index in [9.17, 15) is 21.6 Å². The van der Waals surface area contributed by atoms with Crippen LogP contribution in [0.3, 0.4) is 0 Å². The number of nitrogens with one attached hydrogen (secondary N) is 1. The molecule has 112 valence electrons. The second kappa shape index (κ2) is 6.31. The van der Waals surface area contributed by atoms with Gasteiger partial charge in [-0.15, -0.1) is 0 Å². The van der Waals surface area contributed by atoms with Gasteiger partial charge in [-0.2, -0.15) is 0 Å². The molecule has 0 heterocycles. The number of aliphatic carboxylic acids is 1. The van der Waals surface area contributed by atoms with Gasteiger partial charge in [0.25, 0.3) is 0 Å². The molecule has 20 heavy (non-hydrogen) atoms. The average molecular weight is 322 g/mol. The van der Waals surface area contributed by atoms with Crippen LogP contribution in [-0.2, 0) is 24.8 Å². The summed E-state index contributed by atoms with van der Waals surface area (Å²) in [5, 5.41) is 13.3. The van der Waals surface area contributed by atoms with Gasteiger partial charge in [0.05, 0.1) is 9.79 Å². The number of rotatable bonds is 7. The van der Waals surface area contributed by atoms with Crippen LogP contribution in [0.15, 0.2) is 34.1 Å². The van der Waals surface area contributed by atoms with E-state index in [-0.39, 0.29) is 29.2 Å². The summed E-state index contributed by atoms with van der Waals surface area (Å²) in [5.74, 6) is -1.03. The summed E-state index contributed by atoms with van der Waals surface area (Å²) in [7, 11) is -7.90. The maximum absolute atomic E-state index is 11.9. The lowest BCUT2D eigenvalue weighted by molar-refractivity contribution is -0.137. The molecule has 0 bridgehead atoms. The van der Waals surface area contributed by atoms with Gasteiger partial charge in [-0.1, -0.05) is 6.07 Å². The Kier molecular flexibility index (Phi) is 5.22. The molecule has 0 radical (unpaired) electrons. The normalized spacial score (nSPS) is 12.2. The number of carboxylic acids is 1. The zero-order chi connectivity index (χ0) is 15.4. The van der Waals surface area contributed by atoms with Crippen LogP contribution in [0, 0.1) is 0 Å². The number of hydrogen-bond donors (Lipinski definition) is 3. The second-order valence-electron chi connectivity index (χ2n) is 3.91. The molecule has 4 N–H and O–H groups in total. The van der Waals surface area contributed by atoms with Gasteiger partial charge in [0.15, 0.2) is 0 Å². The molecule has 1 aromatic carbocycles. The minimum atomic E-state index is -3.99.